The molecular formula is C23H22ClN3O3. The van der Waals surface area contributed by atoms with E-state index < -0.39 is 5.97 Å². The molecule has 3 aromatic rings. The molecule has 2 aromatic carbocycles. The Hall–Kier alpha value is -2.96. The van der Waals surface area contributed by atoms with E-state index in [-0.39, 0.29) is 19.1 Å². The van der Waals surface area contributed by atoms with E-state index in [1.165, 1.54) is 0 Å². The third kappa shape index (κ3) is 4.30. The summed E-state index contributed by atoms with van der Waals surface area (Å²) in [6.45, 7) is 1.42. The molecule has 1 N–H and O–H groups in total. The second kappa shape index (κ2) is 8.81. The van der Waals surface area contributed by atoms with Crippen LogP contribution in [0.1, 0.15) is 27.2 Å². The number of rotatable bonds is 5. The Balaban J connectivity index is 1.50. The van der Waals surface area contributed by atoms with Crippen LogP contribution in [0.4, 0.5) is 0 Å². The summed E-state index contributed by atoms with van der Waals surface area (Å²) in [5.74, 6) is -0.888. The molecule has 0 aliphatic carbocycles. The number of esters is 1. The van der Waals surface area contributed by atoms with Gasteiger partial charge < -0.3 is 15.0 Å². The molecule has 154 valence electrons. The summed E-state index contributed by atoms with van der Waals surface area (Å²) in [6.07, 6.45) is 0.773. The van der Waals surface area contributed by atoms with Crippen LogP contribution in [0, 0.1) is 0 Å². The van der Waals surface area contributed by atoms with Crippen LogP contribution in [-0.2, 0) is 29.0 Å². The molecule has 2 heterocycles. The van der Waals surface area contributed by atoms with Crippen LogP contribution in [0.15, 0.2) is 48.5 Å². The van der Waals surface area contributed by atoms with E-state index in [0.717, 1.165) is 40.7 Å². The molecule has 7 heteroatoms. The molecule has 0 spiro atoms. The highest BCUT2D eigenvalue weighted by Gasteiger charge is 2.25. The molecule has 0 radical (unpaired) electrons. The van der Waals surface area contributed by atoms with Gasteiger partial charge in [-0.2, -0.15) is 0 Å². The normalized spacial score (nSPS) is 13.7. The minimum atomic E-state index is -0.506. The van der Waals surface area contributed by atoms with Crippen molar-refractivity contribution in [1.29, 1.82) is 0 Å². The largest absolute Gasteiger partial charge is 0.452 e. The van der Waals surface area contributed by atoms with Crippen LogP contribution < -0.4 is 5.32 Å². The first kappa shape index (κ1) is 20.3. The maximum Gasteiger partial charge on any atom is 0.339 e. The summed E-state index contributed by atoms with van der Waals surface area (Å²) in [5, 5.41) is 4.05. The summed E-state index contributed by atoms with van der Waals surface area (Å²) >= 11 is 6.10. The number of carbonyl (C=O) groups excluding carboxylic acids is 2. The van der Waals surface area contributed by atoms with Crippen LogP contribution in [0.25, 0.3) is 10.9 Å². The van der Waals surface area contributed by atoms with E-state index in [1.54, 1.807) is 6.07 Å². The van der Waals surface area contributed by atoms with Gasteiger partial charge in [-0.3, -0.25) is 9.78 Å². The first-order chi connectivity index (χ1) is 14.5. The second-order valence-corrected chi connectivity index (χ2v) is 7.77. The molecule has 30 heavy (non-hydrogen) atoms. The number of carbonyl (C=O) groups is 2. The van der Waals surface area contributed by atoms with E-state index in [1.807, 2.05) is 49.5 Å². The summed E-state index contributed by atoms with van der Waals surface area (Å²) in [7, 11) is 2.01. The van der Waals surface area contributed by atoms with Crippen LogP contribution in [-0.4, -0.2) is 42.0 Å². The first-order valence-corrected chi connectivity index (χ1v) is 10.2. The Bertz CT molecular complexity index is 1120. The van der Waals surface area contributed by atoms with Gasteiger partial charge in [-0.05, 0) is 24.7 Å². The van der Waals surface area contributed by atoms with Crippen molar-refractivity contribution in [2.24, 2.45) is 0 Å². The van der Waals surface area contributed by atoms with Crippen LogP contribution in [0.3, 0.4) is 0 Å². The third-order valence-corrected chi connectivity index (χ3v) is 5.58. The van der Waals surface area contributed by atoms with Gasteiger partial charge in [0.05, 0.1) is 11.1 Å². The number of para-hydroxylation sites is 1. The van der Waals surface area contributed by atoms with E-state index in [4.69, 9.17) is 21.3 Å². The number of pyridine rings is 1. The highest BCUT2D eigenvalue weighted by atomic mass is 35.5. The van der Waals surface area contributed by atoms with E-state index in [2.05, 4.69) is 10.2 Å². The maximum absolute atomic E-state index is 13.0. The molecule has 4 rings (SSSR count). The van der Waals surface area contributed by atoms with Gasteiger partial charge >= 0.3 is 5.97 Å². The number of hydrogen-bond donors (Lipinski definition) is 1. The average Bonchev–Trinajstić information content (AvgIpc) is 2.75. The van der Waals surface area contributed by atoms with Crippen LogP contribution in [0.5, 0.6) is 0 Å². The number of hydrogen-bond acceptors (Lipinski definition) is 5. The fraction of sp³-hybridized carbons (Fsp3) is 0.261. The molecule has 1 aliphatic heterocycles. The smallest absolute Gasteiger partial charge is 0.339 e. The van der Waals surface area contributed by atoms with Gasteiger partial charge in [0, 0.05) is 47.7 Å². The fourth-order valence-electron chi connectivity index (χ4n) is 3.65. The number of halogens is 1. The zero-order chi connectivity index (χ0) is 21.1. The van der Waals surface area contributed by atoms with Gasteiger partial charge in [0.1, 0.15) is 0 Å². The van der Waals surface area contributed by atoms with Gasteiger partial charge in [0.15, 0.2) is 6.61 Å². The Morgan fingerprint density at radius 1 is 1.17 bits per heavy atom. The number of nitrogens with one attached hydrogen (secondary N) is 1. The van der Waals surface area contributed by atoms with E-state index >= 15 is 0 Å². The van der Waals surface area contributed by atoms with Gasteiger partial charge in [-0.1, -0.05) is 48.0 Å². The molecule has 0 unspecified atom stereocenters. The quantitative estimate of drug-likeness (QED) is 0.637. The standard InChI is InChI=1S/C23H22ClN3O3/c1-27-11-10-20-17(13-27)22(16-7-3-5-9-19(16)26-20)23(29)30-14-21(28)25-12-15-6-2-4-8-18(15)24/h2-9H,10-14H2,1H3,(H,25,28). The average molecular weight is 424 g/mol. The van der Waals surface area contributed by atoms with E-state index in [0.29, 0.717) is 17.1 Å². The third-order valence-electron chi connectivity index (χ3n) is 5.21. The van der Waals surface area contributed by atoms with Crippen molar-refractivity contribution in [3.05, 3.63) is 75.9 Å². The molecular weight excluding hydrogens is 402 g/mol. The lowest BCUT2D eigenvalue weighted by Gasteiger charge is -2.26. The van der Waals surface area contributed by atoms with Gasteiger partial charge in [-0.25, -0.2) is 4.79 Å². The molecule has 1 aliphatic rings. The topological polar surface area (TPSA) is 71.5 Å². The zero-order valence-corrected chi connectivity index (χ0v) is 17.4. The van der Waals surface area contributed by atoms with Crippen molar-refractivity contribution in [2.45, 2.75) is 19.5 Å². The van der Waals surface area contributed by atoms with Crippen molar-refractivity contribution in [3.8, 4) is 0 Å². The van der Waals surface area contributed by atoms with Crippen LogP contribution in [0.2, 0.25) is 5.02 Å². The molecule has 1 amide bonds. The monoisotopic (exact) mass is 423 g/mol. The lowest BCUT2D eigenvalue weighted by atomic mass is 9.96. The summed E-state index contributed by atoms with van der Waals surface area (Å²) in [6, 6.07) is 14.8. The molecule has 0 saturated carbocycles. The van der Waals surface area contributed by atoms with Gasteiger partial charge in [0.2, 0.25) is 0 Å². The Labute approximate surface area is 179 Å². The maximum atomic E-state index is 13.0. The molecule has 0 bridgehead atoms. The minimum absolute atomic E-state index is 0.272. The van der Waals surface area contributed by atoms with E-state index in [9.17, 15) is 9.59 Å². The number of fused-ring (bicyclic) bond motifs is 2. The van der Waals surface area contributed by atoms with Crippen molar-refractivity contribution in [1.82, 2.24) is 15.2 Å². The Morgan fingerprint density at radius 3 is 2.77 bits per heavy atom. The number of amides is 1. The highest BCUT2D eigenvalue weighted by molar-refractivity contribution is 6.31. The summed E-state index contributed by atoms with van der Waals surface area (Å²) < 4.78 is 5.39. The van der Waals surface area contributed by atoms with Crippen LogP contribution >= 0.6 is 11.6 Å². The van der Waals surface area contributed by atoms with Gasteiger partial charge in [0.25, 0.3) is 5.91 Å². The SMILES string of the molecule is CN1CCc2nc3ccccc3c(C(=O)OCC(=O)NCc3ccccc3Cl)c2C1. The molecule has 1 aromatic heterocycles. The Kier molecular flexibility index (Phi) is 5.97. The lowest BCUT2D eigenvalue weighted by molar-refractivity contribution is -0.124. The summed E-state index contributed by atoms with van der Waals surface area (Å²) in [5.41, 5.74) is 3.86. The Morgan fingerprint density at radius 2 is 1.93 bits per heavy atom. The summed E-state index contributed by atoms with van der Waals surface area (Å²) in [4.78, 5) is 32.1. The number of aromatic nitrogens is 1. The molecule has 0 saturated heterocycles. The molecule has 6 nitrogen and oxygen atoms in total. The predicted octanol–water partition coefficient (Wildman–Crippen LogP) is 3.35. The fourth-order valence-corrected chi connectivity index (χ4v) is 3.85. The number of benzene rings is 2. The second-order valence-electron chi connectivity index (χ2n) is 7.36. The van der Waals surface area contributed by atoms with Crippen molar-refractivity contribution >= 4 is 34.4 Å². The number of nitrogens with zero attached hydrogens (tertiary/aromatic N) is 2. The van der Waals surface area contributed by atoms with Crippen molar-refractivity contribution < 1.29 is 14.3 Å². The lowest BCUT2D eigenvalue weighted by Crippen LogP contribution is -2.31. The molecule has 0 atom stereocenters. The molecule has 0 fully saturated rings. The number of likely N-dealkylation sites (N-methyl/N-ethyl adjacent to an activating group) is 1. The predicted molar refractivity (Wildman–Crippen MR) is 115 cm³/mol. The first-order valence-electron chi connectivity index (χ1n) is 9.79. The zero-order valence-electron chi connectivity index (χ0n) is 16.7. The highest BCUT2D eigenvalue weighted by Crippen LogP contribution is 2.28. The van der Waals surface area contributed by atoms with Crippen molar-refractivity contribution in [3.63, 3.8) is 0 Å². The van der Waals surface area contributed by atoms with Gasteiger partial charge in [-0.15, -0.1) is 0 Å². The number of ether oxygens (including phenoxy) is 1. The minimum Gasteiger partial charge on any atom is -0.452 e. The van der Waals surface area contributed by atoms with Crippen molar-refractivity contribution in [2.75, 3.05) is 20.2 Å².